The van der Waals surface area contributed by atoms with Crippen molar-refractivity contribution in [2.24, 2.45) is 5.92 Å². The van der Waals surface area contributed by atoms with Crippen LogP contribution in [-0.4, -0.2) is 41.2 Å². The summed E-state index contributed by atoms with van der Waals surface area (Å²) in [5.74, 6) is 2.49. The van der Waals surface area contributed by atoms with Gasteiger partial charge in [0.15, 0.2) is 0 Å². The van der Waals surface area contributed by atoms with E-state index in [4.69, 9.17) is 0 Å². The fourth-order valence-electron chi connectivity index (χ4n) is 3.81. The summed E-state index contributed by atoms with van der Waals surface area (Å²) in [5, 5.41) is 6.63. The number of unbranched alkanes of at least 4 members (excludes halogenated alkanes) is 1. The van der Waals surface area contributed by atoms with Crippen LogP contribution in [-0.2, 0) is 9.59 Å². The van der Waals surface area contributed by atoms with Crippen molar-refractivity contribution >= 4 is 41.4 Å². The second-order valence-electron chi connectivity index (χ2n) is 7.78. The Balaban J connectivity index is 1.43. The molecule has 29 heavy (non-hydrogen) atoms. The highest BCUT2D eigenvalue weighted by atomic mass is 32.2. The Kier molecular flexibility index (Phi) is 8.99. The lowest BCUT2D eigenvalue weighted by Gasteiger charge is -2.39. The van der Waals surface area contributed by atoms with Crippen LogP contribution in [0.2, 0.25) is 0 Å². The Morgan fingerprint density at radius 2 is 2.03 bits per heavy atom. The van der Waals surface area contributed by atoms with Gasteiger partial charge >= 0.3 is 0 Å². The molecule has 0 spiro atoms. The molecule has 3 atom stereocenters. The molecule has 158 valence electrons. The molecule has 1 aromatic rings. The molecule has 6 heteroatoms. The fourth-order valence-corrected chi connectivity index (χ4v) is 6.15. The highest BCUT2D eigenvalue weighted by Crippen LogP contribution is 2.39. The summed E-state index contributed by atoms with van der Waals surface area (Å²) in [6.45, 7) is 2.97. The third-order valence-electron chi connectivity index (χ3n) is 5.48. The van der Waals surface area contributed by atoms with Crippen LogP contribution in [0.1, 0.15) is 51.0 Å². The lowest BCUT2D eigenvalue weighted by atomic mass is 9.84. The van der Waals surface area contributed by atoms with Gasteiger partial charge in [0.25, 0.3) is 5.91 Å². The minimum atomic E-state index is -0.00901. The third-order valence-corrected chi connectivity index (χ3v) is 8.06. The molecule has 3 unspecified atom stereocenters. The number of hydrogen-bond acceptors (Lipinski definition) is 4. The van der Waals surface area contributed by atoms with Gasteiger partial charge in [-0.25, -0.2) is 0 Å². The lowest BCUT2D eigenvalue weighted by Crippen LogP contribution is -2.51. The van der Waals surface area contributed by atoms with Crippen molar-refractivity contribution in [2.45, 2.75) is 56.7 Å². The molecule has 1 saturated heterocycles. The summed E-state index contributed by atoms with van der Waals surface area (Å²) in [5.41, 5.74) is 1.05. The number of thioether (sulfide) groups is 2. The molecular formula is C23H32N2O2S2. The van der Waals surface area contributed by atoms with Crippen molar-refractivity contribution in [1.29, 1.82) is 0 Å². The molecule has 0 bridgehead atoms. The van der Waals surface area contributed by atoms with Gasteiger partial charge in [0.1, 0.15) is 0 Å². The second-order valence-corrected chi connectivity index (χ2v) is 10.3. The molecule has 0 aromatic heterocycles. The Labute approximate surface area is 183 Å². The topological polar surface area (TPSA) is 58.2 Å². The summed E-state index contributed by atoms with van der Waals surface area (Å²) in [7, 11) is 0. The minimum Gasteiger partial charge on any atom is -0.356 e. The van der Waals surface area contributed by atoms with Gasteiger partial charge in [0.2, 0.25) is 5.91 Å². The molecule has 1 aliphatic carbocycles. The van der Waals surface area contributed by atoms with E-state index in [-0.39, 0.29) is 23.8 Å². The first kappa shape index (κ1) is 22.3. The van der Waals surface area contributed by atoms with Gasteiger partial charge < -0.3 is 10.6 Å². The number of carbonyl (C=O) groups is 2. The molecule has 2 aliphatic rings. The Bertz CT molecular complexity index is 708. The number of amides is 2. The largest absolute Gasteiger partial charge is 0.356 e. The molecular weight excluding hydrogens is 400 g/mol. The monoisotopic (exact) mass is 432 g/mol. The standard InChI is InChI=1S/C23H32N2O2S2/c1-2-3-13-28-14-7-12-24-22(26)18-10-11-20-19(16-18)25-23(27)21(29-20)15-17-8-5-4-6-9-17/h4-6,8-9,15,18-20H,2-3,7,10-14,16H2,1H3,(H,24,26)(H,25,27)/b21-15-. The van der Waals surface area contributed by atoms with E-state index in [1.165, 1.54) is 18.6 Å². The van der Waals surface area contributed by atoms with Gasteiger partial charge in [-0.1, -0.05) is 43.7 Å². The molecule has 1 aromatic carbocycles. The van der Waals surface area contributed by atoms with Gasteiger partial charge in [-0.05, 0) is 55.2 Å². The van der Waals surface area contributed by atoms with E-state index in [0.717, 1.165) is 48.4 Å². The summed E-state index contributed by atoms with van der Waals surface area (Å²) < 4.78 is 0. The smallest absolute Gasteiger partial charge is 0.257 e. The number of carbonyl (C=O) groups excluding carboxylic acids is 2. The van der Waals surface area contributed by atoms with Crippen molar-refractivity contribution in [1.82, 2.24) is 10.6 Å². The van der Waals surface area contributed by atoms with Gasteiger partial charge in [-0.2, -0.15) is 11.8 Å². The molecule has 1 heterocycles. The SMILES string of the molecule is CCCCSCCCNC(=O)C1CCC2S/C(=C\c3ccccc3)C(=O)NC2C1. The predicted octanol–water partition coefficient (Wildman–Crippen LogP) is 4.47. The van der Waals surface area contributed by atoms with Crippen molar-refractivity contribution in [3.05, 3.63) is 40.8 Å². The maximum Gasteiger partial charge on any atom is 0.257 e. The van der Waals surface area contributed by atoms with Gasteiger partial charge in [-0.15, -0.1) is 11.8 Å². The van der Waals surface area contributed by atoms with Crippen molar-refractivity contribution in [3.63, 3.8) is 0 Å². The minimum absolute atomic E-state index is 0.00901. The molecule has 3 rings (SSSR count). The lowest BCUT2D eigenvalue weighted by molar-refractivity contribution is -0.127. The summed E-state index contributed by atoms with van der Waals surface area (Å²) >= 11 is 3.65. The highest BCUT2D eigenvalue weighted by molar-refractivity contribution is 8.04. The molecule has 2 fully saturated rings. The number of nitrogens with one attached hydrogen (secondary N) is 2. The number of rotatable bonds is 9. The maximum absolute atomic E-state index is 12.5. The summed E-state index contributed by atoms with van der Waals surface area (Å²) in [6, 6.07) is 10.0. The van der Waals surface area contributed by atoms with Crippen molar-refractivity contribution in [3.8, 4) is 0 Å². The van der Waals surface area contributed by atoms with E-state index in [2.05, 4.69) is 17.6 Å². The van der Waals surface area contributed by atoms with Crippen LogP contribution in [0.4, 0.5) is 0 Å². The first-order valence-electron chi connectivity index (χ1n) is 10.8. The Hall–Kier alpha value is -1.40. The number of fused-ring (bicyclic) bond motifs is 1. The highest BCUT2D eigenvalue weighted by Gasteiger charge is 2.39. The molecule has 0 radical (unpaired) electrons. The van der Waals surface area contributed by atoms with Crippen LogP contribution in [0.15, 0.2) is 35.2 Å². The molecule has 2 N–H and O–H groups in total. The molecule has 2 amide bonds. The molecule has 1 saturated carbocycles. The van der Waals surface area contributed by atoms with E-state index >= 15 is 0 Å². The van der Waals surface area contributed by atoms with E-state index in [1.807, 2.05) is 48.2 Å². The van der Waals surface area contributed by atoms with Crippen LogP contribution in [0, 0.1) is 5.92 Å². The average molecular weight is 433 g/mol. The molecule has 4 nitrogen and oxygen atoms in total. The zero-order valence-electron chi connectivity index (χ0n) is 17.2. The zero-order valence-corrected chi connectivity index (χ0v) is 18.8. The first-order valence-corrected chi connectivity index (χ1v) is 12.8. The maximum atomic E-state index is 12.5. The third kappa shape index (κ3) is 6.82. The Morgan fingerprint density at radius 1 is 1.24 bits per heavy atom. The summed E-state index contributed by atoms with van der Waals surface area (Å²) in [4.78, 5) is 25.9. The fraction of sp³-hybridized carbons (Fsp3) is 0.565. The van der Waals surface area contributed by atoms with Gasteiger partial charge in [0.05, 0.1) is 4.91 Å². The van der Waals surface area contributed by atoms with E-state index < -0.39 is 0 Å². The van der Waals surface area contributed by atoms with E-state index in [1.54, 1.807) is 11.8 Å². The molecule has 1 aliphatic heterocycles. The predicted molar refractivity (Wildman–Crippen MR) is 125 cm³/mol. The zero-order chi connectivity index (χ0) is 20.5. The van der Waals surface area contributed by atoms with Crippen LogP contribution in [0.5, 0.6) is 0 Å². The van der Waals surface area contributed by atoms with E-state index in [0.29, 0.717) is 5.25 Å². The van der Waals surface area contributed by atoms with Crippen LogP contribution in [0.3, 0.4) is 0 Å². The first-order chi connectivity index (χ1) is 14.2. The Morgan fingerprint density at radius 3 is 2.83 bits per heavy atom. The number of benzene rings is 1. The van der Waals surface area contributed by atoms with Gasteiger partial charge in [-0.3, -0.25) is 9.59 Å². The number of hydrogen-bond donors (Lipinski definition) is 2. The van der Waals surface area contributed by atoms with Crippen molar-refractivity contribution in [2.75, 3.05) is 18.1 Å². The quantitative estimate of drug-likeness (QED) is 0.447. The second kappa shape index (κ2) is 11.7. The summed E-state index contributed by atoms with van der Waals surface area (Å²) in [6.07, 6.45) is 8.12. The van der Waals surface area contributed by atoms with Crippen LogP contribution >= 0.6 is 23.5 Å². The van der Waals surface area contributed by atoms with Crippen molar-refractivity contribution < 1.29 is 9.59 Å². The van der Waals surface area contributed by atoms with Crippen LogP contribution in [0.25, 0.3) is 6.08 Å². The average Bonchev–Trinajstić information content (AvgIpc) is 2.74. The van der Waals surface area contributed by atoms with E-state index in [9.17, 15) is 9.59 Å². The van der Waals surface area contributed by atoms with Crippen LogP contribution < -0.4 is 10.6 Å². The normalized spacial score (nSPS) is 25.3. The van der Waals surface area contributed by atoms with Gasteiger partial charge in [0, 0.05) is 23.8 Å².